The predicted octanol–water partition coefficient (Wildman–Crippen LogP) is 15.7. The molecule has 0 aliphatic heterocycles. The highest BCUT2D eigenvalue weighted by Crippen LogP contribution is 2.46. The van der Waals surface area contributed by atoms with Gasteiger partial charge in [-0.1, -0.05) is 152 Å². The Morgan fingerprint density at radius 1 is 0.203 bits per heavy atom. The van der Waals surface area contributed by atoms with E-state index in [1.807, 2.05) is 0 Å². The average Bonchev–Trinajstić information content (AvgIpc) is 4.10. The summed E-state index contributed by atoms with van der Waals surface area (Å²) in [6.07, 6.45) is 0. The van der Waals surface area contributed by atoms with Crippen molar-refractivity contribution in [2.24, 2.45) is 0 Å². The zero-order valence-corrected chi connectivity index (χ0v) is 34.7. The molecular weight excluding hydrogens is 777 g/mol. The number of rotatable bonds is 5. The second-order valence-electron chi connectivity index (χ2n) is 16.9. The van der Waals surface area contributed by atoms with Crippen LogP contribution in [0.3, 0.4) is 0 Å². The minimum atomic E-state index is 1.14. The van der Waals surface area contributed by atoms with E-state index in [9.17, 15) is 0 Å². The molecule has 0 bridgehead atoms. The van der Waals surface area contributed by atoms with E-state index in [1.165, 1.54) is 104 Å². The van der Waals surface area contributed by atoms with Gasteiger partial charge in [-0.2, -0.15) is 0 Å². The summed E-state index contributed by atoms with van der Waals surface area (Å²) >= 11 is 0. The number of nitrogens with zero attached hydrogens (tertiary/aromatic N) is 4. The molecular formula is C60H38N4. The highest BCUT2D eigenvalue weighted by atomic mass is 15.0. The molecule has 4 heterocycles. The van der Waals surface area contributed by atoms with E-state index >= 15 is 0 Å². The van der Waals surface area contributed by atoms with Crippen molar-refractivity contribution in [3.05, 3.63) is 231 Å². The summed E-state index contributed by atoms with van der Waals surface area (Å²) in [7, 11) is 0. The fourth-order valence-corrected chi connectivity index (χ4v) is 11.0. The number of aromatic nitrogens is 4. The quantitative estimate of drug-likeness (QED) is 0.165. The average molecular weight is 815 g/mol. The fourth-order valence-electron chi connectivity index (χ4n) is 11.0. The third kappa shape index (κ3) is 4.82. The van der Waals surface area contributed by atoms with Gasteiger partial charge in [-0.25, -0.2) is 0 Å². The van der Waals surface area contributed by atoms with Gasteiger partial charge in [0.15, 0.2) is 0 Å². The van der Waals surface area contributed by atoms with Gasteiger partial charge >= 0.3 is 0 Å². The van der Waals surface area contributed by atoms with Crippen LogP contribution in [0.15, 0.2) is 231 Å². The Hall–Kier alpha value is -8.60. The minimum absolute atomic E-state index is 1.14. The van der Waals surface area contributed by atoms with E-state index in [1.54, 1.807) is 0 Å². The van der Waals surface area contributed by atoms with Crippen LogP contribution in [0.5, 0.6) is 0 Å². The number of para-hydroxylation sites is 5. The van der Waals surface area contributed by atoms with E-state index in [2.05, 4.69) is 249 Å². The highest BCUT2D eigenvalue weighted by Gasteiger charge is 2.25. The van der Waals surface area contributed by atoms with Crippen LogP contribution >= 0.6 is 0 Å². The Bertz CT molecular complexity index is 4160. The SMILES string of the molecule is c1ccc(-c2ccc(-n3c4ccccc4c4ccc5c(c6ccccc6n5-c5cccc6c5c5ccccc5n6-c5cccc6c5c5ccccc5n6-c5ccccc5)c43)cc2)cc1. The summed E-state index contributed by atoms with van der Waals surface area (Å²) in [6, 6.07) is 84.3. The van der Waals surface area contributed by atoms with E-state index in [0.717, 1.165) is 17.1 Å². The first kappa shape index (κ1) is 35.0. The van der Waals surface area contributed by atoms with Crippen molar-refractivity contribution < 1.29 is 0 Å². The maximum Gasteiger partial charge on any atom is 0.0641 e. The number of hydrogen-bond acceptors (Lipinski definition) is 0. The van der Waals surface area contributed by atoms with Crippen molar-refractivity contribution in [1.82, 2.24) is 18.3 Å². The molecule has 0 aliphatic rings. The Morgan fingerprint density at radius 3 is 1.20 bits per heavy atom. The van der Waals surface area contributed by atoms with Crippen LogP contribution in [0.25, 0.3) is 121 Å². The van der Waals surface area contributed by atoms with Crippen LogP contribution in [0.1, 0.15) is 0 Å². The standard InChI is InChI=1S/C60H38N4/c1-3-17-39(18-4-1)40-33-35-42(36-34-40)62-48-25-11-7-21-43(48)44-37-38-56-59(60(44)62)47-24-10-14-28-51(47)64(56)55-32-16-31-54-58(55)46-23-9-13-27-50(46)63(54)53-30-15-29-52-57(53)45-22-8-12-26-49(45)61(52)41-19-5-2-6-20-41/h1-38H. The molecule has 0 aliphatic carbocycles. The van der Waals surface area contributed by atoms with Crippen molar-refractivity contribution in [3.63, 3.8) is 0 Å². The maximum absolute atomic E-state index is 2.52. The molecule has 14 rings (SSSR count). The minimum Gasteiger partial charge on any atom is -0.309 e. The van der Waals surface area contributed by atoms with Crippen LogP contribution in [-0.4, -0.2) is 18.3 Å². The normalized spacial score (nSPS) is 12.1. The summed E-state index contributed by atoms with van der Waals surface area (Å²) in [5.74, 6) is 0. The maximum atomic E-state index is 2.52. The first-order valence-corrected chi connectivity index (χ1v) is 22.0. The van der Waals surface area contributed by atoms with Crippen molar-refractivity contribution in [2.45, 2.75) is 0 Å². The van der Waals surface area contributed by atoms with Crippen LogP contribution < -0.4 is 0 Å². The molecule has 0 spiro atoms. The Kier molecular flexibility index (Phi) is 7.36. The monoisotopic (exact) mass is 814 g/mol. The first-order chi connectivity index (χ1) is 31.8. The Morgan fingerprint density at radius 2 is 0.609 bits per heavy atom. The highest BCUT2D eigenvalue weighted by molar-refractivity contribution is 6.27. The first-order valence-electron chi connectivity index (χ1n) is 22.0. The van der Waals surface area contributed by atoms with Gasteiger partial charge < -0.3 is 18.3 Å². The molecule has 64 heavy (non-hydrogen) atoms. The molecule has 0 saturated carbocycles. The second kappa shape index (κ2) is 13.4. The lowest BCUT2D eigenvalue weighted by Crippen LogP contribution is -1.98. The Balaban J connectivity index is 1.07. The molecule has 0 amide bonds. The van der Waals surface area contributed by atoms with Gasteiger partial charge in [-0.3, -0.25) is 0 Å². The molecule has 0 atom stereocenters. The zero-order valence-electron chi connectivity index (χ0n) is 34.7. The van der Waals surface area contributed by atoms with Crippen molar-refractivity contribution >= 4 is 87.2 Å². The molecule has 0 radical (unpaired) electrons. The second-order valence-corrected chi connectivity index (χ2v) is 16.9. The molecule has 14 aromatic rings. The molecule has 298 valence electrons. The molecule has 4 heteroatoms. The van der Waals surface area contributed by atoms with Crippen LogP contribution in [0.2, 0.25) is 0 Å². The van der Waals surface area contributed by atoms with Gasteiger partial charge in [0.05, 0.1) is 55.5 Å². The van der Waals surface area contributed by atoms with E-state index in [4.69, 9.17) is 0 Å². The lowest BCUT2D eigenvalue weighted by atomic mass is 10.1. The molecule has 0 unspecified atom stereocenters. The van der Waals surface area contributed by atoms with Gasteiger partial charge in [0.25, 0.3) is 0 Å². The third-order valence-electron chi connectivity index (χ3n) is 13.6. The lowest BCUT2D eigenvalue weighted by molar-refractivity contribution is 1.17. The van der Waals surface area contributed by atoms with E-state index in [-0.39, 0.29) is 0 Å². The molecule has 0 fully saturated rings. The molecule has 0 saturated heterocycles. The summed E-state index contributed by atoms with van der Waals surface area (Å²) in [4.78, 5) is 0. The van der Waals surface area contributed by atoms with E-state index in [0.29, 0.717) is 0 Å². The molecule has 10 aromatic carbocycles. The number of fused-ring (bicyclic) bond motifs is 13. The van der Waals surface area contributed by atoms with E-state index < -0.39 is 0 Å². The summed E-state index contributed by atoms with van der Waals surface area (Å²) < 4.78 is 9.91. The summed E-state index contributed by atoms with van der Waals surface area (Å²) in [6.45, 7) is 0. The smallest absolute Gasteiger partial charge is 0.0641 e. The summed E-state index contributed by atoms with van der Waals surface area (Å²) in [5, 5.41) is 9.88. The van der Waals surface area contributed by atoms with Gasteiger partial charge in [-0.15, -0.1) is 0 Å². The molecule has 0 N–H and O–H groups in total. The van der Waals surface area contributed by atoms with Crippen LogP contribution in [0.4, 0.5) is 0 Å². The van der Waals surface area contributed by atoms with Crippen LogP contribution in [0, 0.1) is 0 Å². The molecule has 4 nitrogen and oxygen atoms in total. The van der Waals surface area contributed by atoms with Crippen molar-refractivity contribution in [2.75, 3.05) is 0 Å². The third-order valence-corrected chi connectivity index (χ3v) is 13.6. The fraction of sp³-hybridized carbons (Fsp3) is 0. The summed E-state index contributed by atoms with van der Waals surface area (Å²) in [5.41, 5.74) is 16.5. The van der Waals surface area contributed by atoms with Gasteiger partial charge in [0.1, 0.15) is 0 Å². The van der Waals surface area contributed by atoms with Crippen LogP contribution in [-0.2, 0) is 0 Å². The largest absolute Gasteiger partial charge is 0.309 e. The van der Waals surface area contributed by atoms with Crippen molar-refractivity contribution in [3.8, 4) is 33.9 Å². The predicted molar refractivity (Wildman–Crippen MR) is 269 cm³/mol. The Labute approximate surface area is 368 Å². The van der Waals surface area contributed by atoms with Crippen molar-refractivity contribution in [1.29, 1.82) is 0 Å². The zero-order chi connectivity index (χ0) is 41.9. The van der Waals surface area contributed by atoms with Gasteiger partial charge in [-0.05, 0) is 90.0 Å². The number of benzene rings is 10. The number of hydrogen-bond donors (Lipinski definition) is 0. The molecule has 4 aromatic heterocycles. The van der Waals surface area contributed by atoms with Gasteiger partial charge in [0.2, 0.25) is 0 Å². The lowest BCUT2D eigenvalue weighted by Gasteiger charge is -2.13. The topological polar surface area (TPSA) is 19.7 Å². The van der Waals surface area contributed by atoms with Gasteiger partial charge in [0, 0.05) is 54.5 Å².